The Morgan fingerprint density at radius 2 is 1.97 bits per heavy atom. The summed E-state index contributed by atoms with van der Waals surface area (Å²) < 4.78 is 58.6. The van der Waals surface area contributed by atoms with Crippen molar-refractivity contribution < 1.29 is 27.0 Å². The van der Waals surface area contributed by atoms with Gasteiger partial charge in [0.15, 0.2) is 9.84 Å². The number of halogens is 3. The van der Waals surface area contributed by atoms with Crippen LogP contribution in [0.3, 0.4) is 0 Å². The van der Waals surface area contributed by atoms with E-state index in [4.69, 9.17) is 21.4 Å². The average molecular weight is 552 g/mol. The van der Waals surface area contributed by atoms with Crippen molar-refractivity contribution in [3.05, 3.63) is 53.7 Å². The van der Waals surface area contributed by atoms with E-state index < -0.39 is 22.5 Å². The van der Waals surface area contributed by atoms with Gasteiger partial charge in [0, 0.05) is 30.1 Å². The van der Waals surface area contributed by atoms with E-state index in [9.17, 15) is 17.2 Å². The van der Waals surface area contributed by atoms with Crippen molar-refractivity contribution >= 4 is 43.4 Å². The smallest absolute Gasteiger partial charge is 0.327 e. The Hall–Kier alpha value is -2.79. The zero-order valence-electron chi connectivity index (χ0n) is 20.5. The number of sulfone groups is 1. The van der Waals surface area contributed by atoms with E-state index in [1.54, 1.807) is 44.2 Å². The third-order valence-electron chi connectivity index (χ3n) is 6.28. The Morgan fingerprint density at radius 1 is 1.19 bits per heavy atom. The first-order valence-electron chi connectivity index (χ1n) is 11.9. The molecule has 2 heterocycles. The van der Waals surface area contributed by atoms with Gasteiger partial charge in [-0.3, -0.25) is 0 Å². The third kappa shape index (κ3) is 5.57. The van der Waals surface area contributed by atoms with Gasteiger partial charge in [0.05, 0.1) is 27.8 Å². The highest BCUT2D eigenvalue weighted by atomic mass is 35.5. The first kappa shape index (κ1) is 27.3. The van der Waals surface area contributed by atoms with E-state index in [2.05, 4.69) is 9.97 Å². The van der Waals surface area contributed by atoms with Gasteiger partial charge in [-0.1, -0.05) is 37.6 Å². The van der Waals surface area contributed by atoms with Crippen molar-refractivity contribution in [3.8, 4) is 16.9 Å². The van der Waals surface area contributed by atoms with Gasteiger partial charge in [-0.25, -0.2) is 18.3 Å². The van der Waals surface area contributed by atoms with Crippen LogP contribution in [0.1, 0.15) is 20.3 Å². The zero-order valence-corrected chi connectivity index (χ0v) is 22.0. The van der Waals surface area contributed by atoms with Crippen LogP contribution in [0.15, 0.2) is 53.6 Å². The fraction of sp³-hybridized carbons (Fsp3) is 0.346. The lowest BCUT2D eigenvalue weighted by Gasteiger charge is -2.28. The summed E-state index contributed by atoms with van der Waals surface area (Å²) in [5, 5.41) is 10.9. The number of aromatic amines is 1. The van der Waals surface area contributed by atoms with Gasteiger partial charge in [0.2, 0.25) is 0 Å². The summed E-state index contributed by atoms with van der Waals surface area (Å²) >= 11 is 6.24. The quantitative estimate of drug-likeness (QED) is 0.189. The number of aliphatic hydroxyl groups is 1. The van der Waals surface area contributed by atoms with Gasteiger partial charge in [-0.15, -0.1) is 0 Å². The van der Waals surface area contributed by atoms with E-state index >= 15 is 0 Å². The van der Waals surface area contributed by atoms with E-state index in [0.717, 1.165) is 21.2 Å². The summed E-state index contributed by atoms with van der Waals surface area (Å²) in [5.74, 6) is 0.493. The molecule has 198 valence electrons. The number of fused-ring (bicyclic) bond motifs is 3. The Balaban J connectivity index is 1.72. The molecule has 0 atom stereocenters. The molecule has 2 aromatic carbocycles. The average Bonchev–Trinajstić information content (AvgIpc) is 3.27. The van der Waals surface area contributed by atoms with E-state index in [1.165, 1.54) is 6.20 Å². The normalized spacial score (nSPS) is 12.6. The highest BCUT2D eigenvalue weighted by molar-refractivity contribution is 7.91. The molecule has 2 aromatic heterocycles. The number of pyridine rings is 1. The monoisotopic (exact) mass is 551 g/mol. The van der Waals surface area contributed by atoms with Gasteiger partial charge in [-0.2, -0.15) is 8.78 Å². The number of H-pyrrole nitrogens is 1. The molecule has 0 fully saturated rings. The van der Waals surface area contributed by atoms with Crippen molar-refractivity contribution in [1.82, 2.24) is 14.9 Å². The molecule has 0 aliphatic carbocycles. The predicted molar refractivity (Wildman–Crippen MR) is 141 cm³/mol. The minimum absolute atomic E-state index is 0.00898. The highest BCUT2D eigenvalue weighted by Crippen LogP contribution is 2.40. The lowest BCUT2D eigenvalue weighted by Crippen LogP contribution is -2.45. The molecule has 4 aromatic rings. The van der Waals surface area contributed by atoms with Crippen molar-refractivity contribution in [3.63, 3.8) is 0 Å². The molecular formula is C26H28ClF2N3O4S. The number of nitrogens with zero attached hydrogens (tertiary/aromatic N) is 2. The summed E-state index contributed by atoms with van der Waals surface area (Å²) in [4.78, 5) is 8.77. The molecule has 0 saturated carbocycles. The Kier molecular flexibility index (Phi) is 8.03. The molecule has 2 N–H and O–H groups in total. The van der Waals surface area contributed by atoms with Crippen LogP contribution in [0.4, 0.5) is 8.78 Å². The fourth-order valence-electron chi connectivity index (χ4n) is 4.31. The summed E-state index contributed by atoms with van der Waals surface area (Å²) in [6, 6.07) is 8.84. The van der Waals surface area contributed by atoms with Gasteiger partial charge < -0.3 is 14.8 Å². The number of hydrogen-bond acceptors (Lipinski definition) is 6. The molecule has 37 heavy (non-hydrogen) atoms. The van der Waals surface area contributed by atoms with Crippen LogP contribution >= 0.6 is 11.6 Å². The number of ether oxygens (including phenoxy) is 1. The standard InChI is InChI=1S/C26H28ClF2N3O4S/c1-3-32(26(28,29)16-33)11-6-12-36-22-10-9-20(17-7-5-8-19(13-17)37(34,35)4-2)23-21-14-18(27)15-30-25(21)31-24(22)23/h5,7-10,13-15,33H,3-4,6,11-12,16H2,1-2H3,(H,30,31). The van der Waals surface area contributed by atoms with E-state index in [1.807, 2.05) is 12.1 Å². The second-order valence-corrected chi connectivity index (χ2v) is 11.3. The van der Waals surface area contributed by atoms with Crippen LogP contribution < -0.4 is 4.74 Å². The largest absolute Gasteiger partial charge is 0.491 e. The maximum atomic E-state index is 13.8. The molecule has 0 spiro atoms. The van der Waals surface area contributed by atoms with Crippen LogP contribution in [-0.4, -0.2) is 66.5 Å². The van der Waals surface area contributed by atoms with Crippen molar-refractivity contribution in [2.45, 2.75) is 31.2 Å². The number of likely N-dealkylation sites (N-methyl/N-ethyl adjacent to an activating group) is 1. The first-order valence-corrected chi connectivity index (χ1v) is 13.9. The van der Waals surface area contributed by atoms with Crippen LogP contribution in [-0.2, 0) is 9.84 Å². The minimum atomic E-state index is -3.40. The Morgan fingerprint density at radius 3 is 2.68 bits per heavy atom. The van der Waals surface area contributed by atoms with Crippen molar-refractivity contribution in [1.29, 1.82) is 0 Å². The number of nitrogens with one attached hydrogen (secondary N) is 1. The molecule has 0 radical (unpaired) electrons. The van der Waals surface area contributed by atoms with Gasteiger partial charge in [0.25, 0.3) is 0 Å². The lowest BCUT2D eigenvalue weighted by atomic mass is 9.99. The van der Waals surface area contributed by atoms with Gasteiger partial charge >= 0.3 is 6.05 Å². The van der Waals surface area contributed by atoms with Gasteiger partial charge in [-0.05, 0) is 47.9 Å². The predicted octanol–water partition coefficient (Wildman–Crippen LogP) is 5.51. The maximum Gasteiger partial charge on any atom is 0.327 e. The van der Waals surface area contributed by atoms with Crippen molar-refractivity contribution in [2.75, 3.05) is 32.1 Å². The van der Waals surface area contributed by atoms with Crippen LogP contribution in [0.5, 0.6) is 5.75 Å². The second kappa shape index (κ2) is 10.9. The maximum absolute atomic E-state index is 13.8. The molecule has 0 aliphatic heterocycles. The van der Waals surface area contributed by atoms with E-state index in [0.29, 0.717) is 33.9 Å². The molecule has 0 saturated heterocycles. The zero-order chi connectivity index (χ0) is 26.8. The van der Waals surface area contributed by atoms with E-state index in [-0.39, 0.29) is 30.3 Å². The number of aromatic nitrogens is 2. The number of alkyl halides is 2. The molecule has 11 heteroatoms. The Bertz CT molecular complexity index is 1530. The molecule has 0 bridgehead atoms. The number of hydrogen-bond donors (Lipinski definition) is 2. The summed E-state index contributed by atoms with van der Waals surface area (Å²) in [7, 11) is -3.40. The van der Waals surface area contributed by atoms with Crippen molar-refractivity contribution in [2.24, 2.45) is 0 Å². The SMILES string of the molecule is CCN(CCCOc1ccc(-c2cccc(S(=O)(=O)CC)c2)c2c1[nH]c1ncc(Cl)cc12)C(F)(F)CO. The molecule has 0 amide bonds. The summed E-state index contributed by atoms with van der Waals surface area (Å²) in [6.45, 7) is 2.28. The highest BCUT2D eigenvalue weighted by Gasteiger charge is 2.34. The minimum Gasteiger partial charge on any atom is -0.491 e. The molecule has 0 unspecified atom stereocenters. The number of aliphatic hydroxyl groups excluding tert-OH is 1. The summed E-state index contributed by atoms with van der Waals surface area (Å²) in [5.41, 5.74) is 2.69. The lowest BCUT2D eigenvalue weighted by molar-refractivity contribution is -0.172. The molecule has 4 rings (SSSR count). The summed E-state index contributed by atoms with van der Waals surface area (Å²) in [6.07, 6.45) is 1.84. The topological polar surface area (TPSA) is 95.5 Å². The third-order valence-corrected chi connectivity index (χ3v) is 8.22. The van der Waals surface area contributed by atoms with Gasteiger partial charge in [0.1, 0.15) is 18.0 Å². The Labute approximate surface area is 218 Å². The number of rotatable bonds is 11. The number of benzene rings is 2. The van der Waals surface area contributed by atoms with Crippen LogP contribution in [0.25, 0.3) is 33.1 Å². The molecular weight excluding hydrogens is 524 g/mol. The molecule has 0 aliphatic rings. The first-order chi connectivity index (χ1) is 17.6. The van der Waals surface area contributed by atoms with Crippen LogP contribution in [0.2, 0.25) is 5.02 Å². The second-order valence-electron chi connectivity index (χ2n) is 8.57. The molecule has 7 nitrogen and oxygen atoms in total. The fourth-order valence-corrected chi connectivity index (χ4v) is 5.39. The van der Waals surface area contributed by atoms with Crippen LogP contribution in [0, 0.1) is 0 Å².